The van der Waals surface area contributed by atoms with E-state index in [9.17, 15) is 9.59 Å². The average molecular weight is 486 g/mol. The summed E-state index contributed by atoms with van der Waals surface area (Å²) < 4.78 is 5.99. The van der Waals surface area contributed by atoms with Crippen LogP contribution in [-0.4, -0.2) is 29.8 Å². The van der Waals surface area contributed by atoms with Gasteiger partial charge in [0, 0.05) is 23.5 Å². The summed E-state index contributed by atoms with van der Waals surface area (Å²) in [5.41, 5.74) is 6.95. The highest BCUT2D eigenvalue weighted by Crippen LogP contribution is 2.47. The van der Waals surface area contributed by atoms with Crippen molar-refractivity contribution >= 4 is 29.2 Å². The fourth-order valence-electron chi connectivity index (χ4n) is 4.78. The van der Waals surface area contributed by atoms with Crippen LogP contribution >= 0.6 is 11.8 Å². The van der Waals surface area contributed by atoms with E-state index in [0.29, 0.717) is 42.9 Å². The first kappa shape index (κ1) is 26.5. The summed E-state index contributed by atoms with van der Waals surface area (Å²) in [6.45, 7) is 16.4. The maximum Gasteiger partial charge on any atom is 0.316 e. The topological polar surface area (TPSA) is 65.0 Å². The zero-order chi connectivity index (χ0) is 25.2. The van der Waals surface area contributed by atoms with Gasteiger partial charge in [-0.2, -0.15) is 0 Å². The third-order valence-corrected chi connectivity index (χ3v) is 8.00. The number of ether oxygens (including phenoxy) is 1. The Kier molecular flexibility index (Phi) is 8.33. The number of rotatable bonds is 7. The van der Waals surface area contributed by atoms with Crippen LogP contribution in [0.15, 0.2) is 21.4 Å². The third-order valence-electron chi connectivity index (χ3n) is 6.84. The Morgan fingerprint density at radius 1 is 1.09 bits per heavy atom. The second kappa shape index (κ2) is 10.7. The molecule has 1 heterocycles. The number of hydrogen-bond donors (Lipinski definition) is 0. The molecule has 0 saturated heterocycles. The molecule has 0 radical (unpaired) electrons. The lowest BCUT2D eigenvalue weighted by molar-refractivity contribution is -0.149. The molecule has 0 fully saturated rings. The van der Waals surface area contributed by atoms with Crippen LogP contribution < -0.4 is 0 Å². The molecule has 6 heteroatoms. The molecule has 0 saturated carbocycles. The van der Waals surface area contributed by atoms with E-state index in [2.05, 4.69) is 25.9 Å². The van der Waals surface area contributed by atoms with E-state index in [0.717, 1.165) is 18.6 Å². The van der Waals surface area contributed by atoms with Crippen LogP contribution in [0.3, 0.4) is 0 Å². The van der Waals surface area contributed by atoms with Crippen molar-refractivity contribution in [2.24, 2.45) is 10.6 Å². The van der Waals surface area contributed by atoms with Crippen LogP contribution in [0.25, 0.3) is 0 Å². The predicted molar refractivity (Wildman–Crippen MR) is 139 cm³/mol. The quantitative estimate of drug-likeness (QED) is 0.243. The van der Waals surface area contributed by atoms with Crippen LogP contribution in [0, 0.1) is 26.2 Å². The van der Waals surface area contributed by atoms with E-state index >= 15 is 0 Å². The van der Waals surface area contributed by atoms with Crippen molar-refractivity contribution in [2.45, 2.75) is 98.3 Å². The molecular formula is C28H39NO4S. The van der Waals surface area contributed by atoms with Gasteiger partial charge < -0.3 is 9.57 Å². The van der Waals surface area contributed by atoms with Gasteiger partial charge in [-0.25, -0.2) is 0 Å². The molecule has 1 atom stereocenters. The van der Waals surface area contributed by atoms with E-state index in [4.69, 9.17) is 9.57 Å². The smallest absolute Gasteiger partial charge is 0.316 e. The summed E-state index contributed by atoms with van der Waals surface area (Å²) >= 11 is 1.89. The molecule has 1 aliphatic heterocycles. The minimum atomic E-state index is -0.677. The summed E-state index contributed by atoms with van der Waals surface area (Å²) in [4.78, 5) is 33.3. The Bertz CT molecular complexity index is 1050. The Hall–Kier alpha value is -2.08. The lowest BCUT2D eigenvalue weighted by atomic mass is 9.77. The Morgan fingerprint density at radius 2 is 1.79 bits per heavy atom. The zero-order valence-electron chi connectivity index (χ0n) is 22.0. The minimum Gasteiger partial charge on any atom is -0.430 e. The molecule has 5 nitrogen and oxygen atoms in total. The maximum atomic E-state index is 13.7. The van der Waals surface area contributed by atoms with Gasteiger partial charge in [0.1, 0.15) is 12.4 Å². The molecule has 34 heavy (non-hydrogen) atoms. The number of esters is 1. The van der Waals surface area contributed by atoms with E-state index in [-0.39, 0.29) is 17.7 Å². The van der Waals surface area contributed by atoms with Gasteiger partial charge in [0.2, 0.25) is 0 Å². The summed E-state index contributed by atoms with van der Waals surface area (Å²) in [6.07, 6.45) is 3.36. The van der Waals surface area contributed by atoms with Gasteiger partial charge in [-0.3, -0.25) is 9.59 Å². The maximum absolute atomic E-state index is 13.7. The summed E-state index contributed by atoms with van der Waals surface area (Å²) in [5, 5.41) is 4.27. The number of carbonyl (C=O) groups is 2. The number of ketones is 1. The fraction of sp³-hybridized carbons (Fsp3) is 0.607. The Balaban J connectivity index is 2.14. The highest BCUT2D eigenvalue weighted by molar-refractivity contribution is 7.99. The second-order valence-electron chi connectivity index (χ2n) is 10.4. The molecule has 0 bridgehead atoms. The number of fused-ring (bicyclic) bond motifs is 1. The molecular weight excluding hydrogens is 446 g/mol. The summed E-state index contributed by atoms with van der Waals surface area (Å²) in [7, 11) is 0. The molecule has 1 aromatic rings. The molecule has 0 N–H and O–H groups in total. The summed E-state index contributed by atoms with van der Waals surface area (Å²) in [6, 6.07) is 0. The van der Waals surface area contributed by atoms with E-state index < -0.39 is 5.41 Å². The predicted octanol–water partition coefficient (Wildman–Crippen LogP) is 6.74. The number of Topliss-reactive ketones (excluding diaryl/α,β-unsaturated/α-hetero) is 1. The van der Waals surface area contributed by atoms with Crippen molar-refractivity contribution in [3.8, 4) is 0 Å². The molecule has 0 amide bonds. The van der Waals surface area contributed by atoms with Crippen molar-refractivity contribution in [3.63, 3.8) is 0 Å². The number of allylic oxidation sites excluding steroid dienone is 2. The molecule has 0 spiro atoms. The average Bonchev–Trinajstić information content (AvgIpc) is 3.24. The highest BCUT2D eigenvalue weighted by Gasteiger charge is 2.38. The first-order chi connectivity index (χ1) is 16.0. The van der Waals surface area contributed by atoms with Crippen molar-refractivity contribution < 1.29 is 19.2 Å². The van der Waals surface area contributed by atoms with Crippen LogP contribution in [0.5, 0.6) is 0 Å². The van der Waals surface area contributed by atoms with Gasteiger partial charge in [0.15, 0.2) is 5.78 Å². The Morgan fingerprint density at radius 3 is 2.41 bits per heavy atom. The molecule has 1 aliphatic carbocycles. The van der Waals surface area contributed by atoms with E-state index in [1.807, 2.05) is 46.4 Å². The first-order valence-corrected chi connectivity index (χ1v) is 13.4. The lowest BCUT2D eigenvalue weighted by Gasteiger charge is -2.31. The number of thioether (sulfide) groups is 1. The van der Waals surface area contributed by atoms with Crippen LogP contribution in [0.1, 0.15) is 94.0 Å². The van der Waals surface area contributed by atoms with Gasteiger partial charge in [0.25, 0.3) is 0 Å². The van der Waals surface area contributed by atoms with Crippen molar-refractivity contribution in [1.29, 1.82) is 0 Å². The third kappa shape index (κ3) is 5.27. The van der Waals surface area contributed by atoms with Crippen LogP contribution in [-0.2, 0) is 25.6 Å². The van der Waals surface area contributed by atoms with Gasteiger partial charge in [-0.1, -0.05) is 18.5 Å². The monoisotopic (exact) mass is 485 g/mol. The van der Waals surface area contributed by atoms with Gasteiger partial charge in [-0.15, -0.1) is 11.8 Å². The second-order valence-corrected chi connectivity index (χ2v) is 11.5. The number of hydrogen-bond acceptors (Lipinski definition) is 6. The first-order valence-electron chi connectivity index (χ1n) is 12.4. The molecule has 0 aromatic heterocycles. The standard InChI is InChI=1S/C28H39NO4S/c1-9-11-21(29-32-10-2)25-22(30)14-19(15-23(25)33-27(31)28(6,7)8)24-18(5)16(3)17(4)20-12-13-34-26(20)24/h19H,9-15H2,1-8H3/b29-21+. The highest BCUT2D eigenvalue weighted by atomic mass is 32.2. The van der Waals surface area contributed by atoms with Crippen LogP contribution in [0.4, 0.5) is 0 Å². The van der Waals surface area contributed by atoms with Crippen molar-refractivity contribution in [3.05, 3.63) is 39.1 Å². The lowest BCUT2D eigenvalue weighted by Crippen LogP contribution is -2.30. The number of carbonyl (C=O) groups excluding carboxylic acids is 2. The Labute approximate surface area is 208 Å². The minimum absolute atomic E-state index is 0.0192. The molecule has 186 valence electrons. The SMILES string of the molecule is CCC/C(=N\OCC)C1=C(OC(=O)C(C)(C)C)CC(c2c(C)c(C)c(C)c3c2SCC3)CC1=O. The molecule has 1 aromatic carbocycles. The molecule has 2 aliphatic rings. The van der Waals surface area contributed by atoms with Gasteiger partial charge in [0.05, 0.1) is 16.7 Å². The van der Waals surface area contributed by atoms with Crippen molar-refractivity contribution in [2.75, 3.05) is 12.4 Å². The van der Waals surface area contributed by atoms with Crippen LogP contribution in [0.2, 0.25) is 0 Å². The fourth-order valence-corrected chi connectivity index (χ4v) is 6.20. The number of benzene rings is 1. The summed E-state index contributed by atoms with van der Waals surface area (Å²) in [5.74, 6) is 1.14. The number of nitrogens with zero attached hydrogens (tertiary/aromatic N) is 1. The normalized spacial score (nSPS) is 18.9. The van der Waals surface area contributed by atoms with Gasteiger partial charge in [-0.05, 0) is 95.0 Å². The largest absolute Gasteiger partial charge is 0.430 e. The van der Waals surface area contributed by atoms with Gasteiger partial charge >= 0.3 is 5.97 Å². The molecule has 3 rings (SSSR count). The van der Waals surface area contributed by atoms with Crippen molar-refractivity contribution in [1.82, 2.24) is 0 Å². The zero-order valence-corrected chi connectivity index (χ0v) is 22.8. The van der Waals surface area contributed by atoms with E-state index in [1.54, 1.807) is 0 Å². The number of oxime groups is 1. The van der Waals surface area contributed by atoms with E-state index in [1.165, 1.54) is 32.7 Å². The molecule has 1 unspecified atom stereocenters.